The number of hydrogen-bond acceptors (Lipinski definition) is 13. The van der Waals surface area contributed by atoms with Crippen LogP contribution in [0.1, 0.15) is 163 Å². The lowest BCUT2D eigenvalue weighted by Crippen LogP contribution is -2.67. The van der Waals surface area contributed by atoms with Crippen molar-refractivity contribution >= 4 is 77.6 Å². The fourth-order valence-corrected chi connectivity index (χ4v) is 11.9. The number of aliphatic hydroxyl groups is 1. The molecular weight excluding hydrogens is 1130 g/mol. The molecule has 0 aromatic carbocycles. The summed E-state index contributed by atoms with van der Waals surface area (Å²) in [5.74, 6) is -9.76. The lowest BCUT2D eigenvalue weighted by molar-refractivity contribution is -0.976. The Morgan fingerprint density at radius 1 is 0.632 bits per heavy atom. The molecule has 0 aliphatic carbocycles. The molecule has 10 amide bonds. The number of hydroxylamine groups is 3. The Bertz CT molecular complexity index is 2430. The van der Waals surface area contributed by atoms with Crippen molar-refractivity contribution in [3.05, 3.63) is 17.4 Å². The lowest BCUT2D eigenvalue weighted by atomic mass is 9.87. The minimum atomic E-state index is -1.65. The average molecular weight is 1250 g/mol. The summed E-state index contributed by atoms with van der Waals surface area (Å²) >= 11 is 1.01. The van der Waals surface area contributed by atoms with Gasteiger partial charge in [-0.3, -0.25) is 47.8 Å². The van der Waals surface area contributed by atoms with E-state index in [0.29, 0.717) is 6.42 Å². The maximum Gasteiger partial charge on any atom is 0.413 e. The monoisotopic (exact) mass is 1250 g/mol. The Balaban J connectivity index is 4.50. The van der Waals surface area contributed by atoms with Crippen LogP contribution in [-0.4, -0.2) is 225 Å². The minimum Gasteiger partial charge on any atom is -0.628 e. The van der Waals surface area contributed by atoms with Gasteiger partial charge in [0.15, 0.2) is 17.5 Å². The third-order valence-corrected chi connectivity index (χ3v) is 17.4. The fourth-order valence-electron chi connectivity index (χ4n) is 11.1. The Labute approximate surface area is 525 Å². The fraction of sp³-hybridized carbons (Fsp3) is 0.794. The number of carbonyl (C=O) groups excluding carboxylic acids is 10. The molecule has 2 unspecified atom stereocenters. The highest BCUT2D eigenvalue weighted by molar-refractivity contribution is 7.99. The number of nitrogens with one attached hydrogen (secondary N) is 4. The van der Waals surface area contributed by atoms with E-state index in [1.54, 1.807) is 66.9 Å². The first kappa shape index (κ1) is 79.6. The summed E-state index contributed by atoms with van der Waals surface area (Å²) in [7, 11) is 8.26. The molecule has 1 aliphatic heterocycles. The zero-order valence-corrected chi connectivity index (χ0v) is 58.3. The van der Waals surface area contributed by atoms with Crippen molar-refractivity contribution in [2.75, 3.05) is 48.5 Å². The van der Waals surface area contributed by atoms with Gasteiger partial charge in [-0.25, -0.2) is 4.79 Å². The molecule has 24 heteroatoms. The molecule has 5 N–H and O–H groups in total. The number of aliphatic hydroxyl groups excluding tert-OH is 1. The molecule has 0 aromatic heterocycles. The van der Waals surface area contributed by atoms with Crippen molar-refractivity contribution in [3.8, 4) is 0 Å². The van der Waals surface area contributed by atoms with E-state index in [0.717, 1.165) is 21.2 Å². The first-order valence-electron chi connectivity index (χ1n) is 31.0. The molecule has 0 saturated carbocycles. The van der Waals surface area contributed by atoms with Crippen molar-refractivity contribution in [2.45, 2.75) is 235 Å². The van der Waals surface area contributed by atoms with E-state index >= 15 is 14.8 Å². The molecule has 14 atom stereocenters. The maximum absolute atomic E-state index is 15.7. The highest BCUT2D eigenvalue weighted by atomic mass is 32.2. The van der Waals surface area contributed by atoms with Crippen LogP contribution in [0.4, 0.5) is 0 Å². The number of amides is 10. The van der Waals surface area contributed by atoms with Gasteiger partial charge in [-0.1, -0.05) is 116 Å². The molecule has 498 valence electrons. The molecule has 87 heavy (non-hydrogen) atoms. The molecule has 1 rings (SSSR count). The summed E-state index contributed by atoms with van der Waals surface area (Å²) in [5.41, 5.74) is -0.570. The van der Waals surface area contributed by atoms with E-state index in [9.17, 15) is 43.5 Å². The van der Waals surface area contributed by atoms with Gasteiger partial charge in [0, 0.05) is 41.7 Å². The van der Waals surface area contributed by atoms with Gasteiger partial charge >= 0.3 is 5.91 Å². The van der Waals surface area contributed by atoms with Gasteiger partial charge < -0.3 is 56.1 Å². The number of rotatable bonds is 15. The highest BCUT2D eigenvalue weighted by Crippen LogP contribution is 2.31. The Morgan fingerprint density at radius 3 is 1.59 bits per heavy atom. The van der Waals surface area contributed by atoms with E-state index in [2.05, 4.69) is 28.0 Å². The third kappa shape index (κ3) is 21.6. The number of hydrogen-bond donors (Lipinski definition) is 5. The molecule has 1 aliphatic rings. The van der Waals surface area contributed by atoms with Crippen molar-refractivity contribution in [3.63, 3.8) is 0 Å². The molecule has 1 saturated heterocycles. The SMILES string of the molecule is C=[N+]1C(=O)[C@H](C)NC(=O)[C@H](C)NC(=O)[C@H](CC(C)C)N(C)C(=O)[C@H](C(C)C)NC(=O)[C@H](CC(C)(C)C)N(C)C(=O)[C@H](SC)N(C)C(=O)[C@H](CC)NC(=O)C([C@@H](O)[C@H](C)C/C=C/C)N(C)C(=O)[C@H](C(C)C)N(C)C(=O)[C@H](CC(C)C)[N+](C)([O-])[C@H]1CC(C)C. The quantitative estimate of drug-likeness (QED) is 0.0651. The molecule has 1 heterocycles. The molecule has 0 spiro atoms. The first-order chi connectivity index (χ1) is 39.9. The number of allylic oxidation sites excluding steroid dienone is 2. The summed E-state index contributed by atoms with van der Waals surface area (Å²) in [6.07, 6.45) is 2.92. The predicted octanol–water partition coefficient (Wildman–Crippen LogP) is 4.57. The van der Waals surface area contributed by atoms with Gasteiger partial charge in [0.2, 0.25) is 41.4 Å². The van der Waals surface area contributed by atoms with Gasteiger partial charge in [-0.2, -0.15) is 0 Å². The Hall–Kier alpha value is -5.46. The first-order valence-corrected chi connectivity index (χ1v) is 32.3. The summed E-state index contributed by atoms with van der Waals surface area (Å²) < 4.78 is -0.369. The van der Waals surface area contributed by atoms with Crippen LogP contribution in [0, 0.1) is 46.1 Å². The van der Waals surface area contributed by atoms with Gasteiger partial charge in [-0.15, -0.1) is 16.3 Å². The lowest BCUT2D eigenvalue weighted by Gasteiger charge is -2.49. The summed E-state index contributed by atoms with van der Waals surface area (Å²) in [6.45, 7) is 35.6. The molecule has 0 bridgehead atoms. The van der Waals surface area contributed by atoms with E-state index < -0.39 is 159 Å². The second-order valence-electron chi connectivity index (χ2n) is 27.4. The highest BCUT2D eigenvalue weighted by Gasteiger charge is 2.51. The number of nitrogens with zero attached hydrogens (tertiary/aromatic N) is 7. The van der Waals surface area contributed by atoms with Gasteiger partial charge in [0.25, 0.3) is 18.0 Å². The normalized spacial score (nSPS) is 29.1. The summed E-state index contributed by atoms with van der Waals surface area (Å²) in [6, 6.07) is -11.9. The largest absolute Gasteiger partial charge is 0.628 e. The van der Waals surface area contributed by atoms with Crippen LogP contribution in [0.5, 0.6) is 0 Å². The van der Waals surface area contributed by atoms with Crippen molar-refractivity contribution in [1.29, 1.82) is 0 Å². The number of carbonyl (C=O) groups is 10. The van der Waals surface area contributed by atoms with Crippen molar-refractivity contribution in [2.24, 2.45) is 40.9 Å². The summed E-state index contributed by atoms with van der Waals surface area (Å²) in [5, 5.41) is 37.7. The average Bonchev–Trinajstić information content (AvgIpc) is 1.06. The van der Waals surface area contributed by atoms with Gasteiger partial charge in [0.05, 0.1) is 19.6 Å². The smallest absolute Gasteiger partial charge is 0.413 e. The van der Waals surface area contributed by atoms with Crippen LogP contribution in [0.15, 0.2) is 12.2 Å². The van der Waals surface area contributed by atoms with Crippen LogP contribution in [0.2, 0.25) is 0 Å². The minimum absolute atomic E-state index is 0.00154. The molecule has 0 radical (unpaired) electrons. The number of thioether (sulfide) groups is 1. The van der Waals surface area contributed by atoms with E-state index in [1.807, 2.05) is 62.3 Å². The Kier molecular flexibility index (Phi) is 31.5. The van der Waals surface area contributed by atoms with Crippen LogP contribution in [-0.2, 0) is 47.9 Å². The molecule has 1 fully saturated rings. The topological polar surface area (TPSA) is 281 Å². The molecule has 23 nitrogen and oxygen atoms in total. The zero-order chi connectivity index (χ0) is 67.8. The molecular formula is C63H114N11O12S+. The maximum atomic E-state index is 15.7. The summed E-state index contributed by atoms with van der Waals surface area (Å²) in [4.78, 5) is 153. The second kappa shape index (κ2) is 34.5. The van der Waals surface area contributed by atoms with Gasteiger partial charge in [0.1, 0.15) is 49.0 Å². The number of quaternary nitrogens is 1. The zero-order valence-electron chi connectivity index (χ0n) is 57.5. The van der Waals surface area contributed by atoms with E-state index in [1.165, 1.54) is 75.7 Å². The van der Waals surface area contributed by atoms with Crippen LogP contribution >= 0.6 is 11.8 Å². The standard InChI is InChI=1S/C63H113N11O12S/c1-27-29-30-40(13)51(75)50-55(79)66-43(28-2)57(81)73(24)62(87-26)61(85)69(20)45(34-63(16,17)18)54(78)67-48(38(9)10)59(83)68(19)44(31-35(3)4)53(77)64-41(14)52(76)65-42(15)56(80)70(21)47(33-37(7)8)74(25,86)46(32-36(5)6)58(82)71(22)49(39(11)12)60(84)72(50)23/h27,29,35-51,62,75H,21,28,30-34H2,1-20,22-26H3,(H3-,64,65,66,67,76,77,78,79)/p+1/b29-27+/t40-,41+,42+,43+,44+,45+,46+,47+,48+,49+,50?,51+,62+,74?/m1/s1. The molecule has 0 aromatic rings. The van der Waals surface area contributed by atoms with Crippen LogP contribution in [0.3, 0.4) is 0 Å². The Morgan fingerprint density at radius 2 is 1.13 bits per heavy atom. The second-order valence-corrected chi connectivity index (χ2v) is 28.4. The van der Waals surface area contributed by atoms with Crippen molar-refractivity contribution in [1.82, 2.24) is 45.8 Å². The van der Waals surface area contributed by atoms with Crippen LogP contribution in [0.25, 0.3) is 0 Å². The van der Waals surface area contributed by atoms with E-state index in [-0.39, 0.29) is 49.9 Å². The van der Waals surface area contributed by atoms with Crippen molar-refractivity contribution < 1.29 is 62.3 Å². The van der Waals surface area contributed by atoms with E-state index in [4.69, 9.17) is 0 Å². The number of likely N-dealkylation sites (N-methyl/N-ethyl adjacent to an activating group) is 6. The van der Waals surface area contributed by atoms with Gasteiger partial charge in [-0.05, 0) is 93.6 Å². The third-order valence-electron chi connectivity index (χ3n) is 16.5. The predicted molar refractivity (Wildman–Crippen MR) is 342 cm³/mol. The van der Waals surface area contributed by atoms with Crippen LogP contribution < -0.4 is 21.3 Å².